The number of hydrogen-bond donors (Lipinski definition) is 2. The number of rotatable bonds is 6. The average Bonchev–Trinajstić information content (AvgIpc) is 2.52. The van der Waals surface area contributed by atoms with E-state index in [1.807, 2.05) is 24.3 Å². The summed E-state index contributed by atoms with van der Waals surface area (Å²) in [5, 5.41) is 7.93. The highest BCUT2D eigenvalue weighted by Gasteiger charge is 2.12. The highest BCUT2D eigenvalue weighted by Crippen LogP contribution is 2.14. The standard InChI is InChI=1S/C18H22N2O3S/c1-13(2)11-15-5-3-4-6-17(15)18(21)20-12-14-7-9-16(10-8-14)24(19,22)23/h3-10,13H,11-12H2,1-2H3,(H,20,21)(H2,19,22,23). The molecule has 0 heterocycles. The van der Waals surface area contributed by atoms with E-state index in [0.717, 1.165) is 17.5 Å². The number of primary sulfonamides is 1. The van der Waals surface area contributed by atoms with Crippen LogP contribution in [0.2, 0.25) is 0 Å². The Hall–Kier alpha value is -2.18. The molecule has 0 spiro atoms. The Kier molecular flexibility index (Phi) is 5.75. The minimum absolute atomic E-state index is 0.0554. The van der Waals surface area contributed by atoms with Crippen molar-refractivity contribution in [1.29, 1.82) is 0 Å². The molecule has 0 aliphatic carbocycles. The third kappa shape index (κ3) is 4.91. The van der Waals surface area contributed by atoms with E-state index in [4.69, 9.17) is 5.14 Å². The van der Waals surface area contributed by atoms with Gasteiger partial charge in [0.1, 0.15) is 0 Å². The highest BCUT2D eigenvalue weighted by molar-refractivity contribution is 7.89. The fourth-order valence-corrected chi connectivity index (χ4v) is 2.95. The number of nitrogens with one attached hydrogen (secondary N) is 1. The SMILES string of the molecule is CC(C)Cc1ccccc1C(=O)NCc1ccc(S(N)(=O)=O)cc1. The fourth-order valence-electron chi connectivity index (χ4n) is 2.43. The van der Waals surface area contributed by atoms with Gasteiger partial charge >= 0.3 is 0 Å². The second kappa shape index (κ2) is 7.59. The molecule has 2 aromatic rings. The van der Waals surface area contributed by atoms with Gasteiger partial charge in [0, 0.05) is 12.1 Å². The molecule has 0 bridgehead atoms. The molecule has 1 amide bonds. The van der Waals surface area contributed by atoms with Gasteiger partial charge in [0.15, 0.2) is 0 Å². The number of sulfonamides is 1. The van der Waals surface area contributed by atoms with Crippen LogP contribution in [0.15, 0.2) is 53.4 Å². The van der Waals surface area contributed by atoms with Gasteiger partial charge in [-0.1, -0.05) is 44.2 Å². The summed E-state index contributed by atoms with van der Waals surface area (Å²) in [6.45, 7) is 4.54. The van der Waals surface area contributed by atoms with Crippen molar-refractivity contribution in [3.63, 3.8) is 0 Å². The molecule has 3 N–H and O–H groups in total. The quantitative estimate of drug-likeness (QED) is 0.842. The molecule has 2 rings (SSSR count). The molecule has 0 fully saturated rings. The van der Waals surface area contributed by atoms with Crippen molar-refractivity contribution in [2.75, 3.05) is 0 Å². The van der Waals surface area contributed by atoms with E-state index in [1.165, 1.54) is 12.1 Å². The first-order chi connectivity index (χ1) is 11.3. The predicted molar refractivity (Wildman–Crippen MR) is 94.0 cm³/mol. The van der Waals surface area contributed by atoms with Crippen LogP contribution in [0.5, 0.6) is 0 Å². The number of carbonyl (C=O) groups excluding carboxylic acids is 1. The van der Waals surface area contributed by atoms with E-state index in [1.54, 1.807) is 12.1 Å². The second-order valence-corrected chi connectivity index (χ2v) is 7.69. The van der Waals surface area contributed by atoms with Crippen LogP contribution in [0.3, 0.4) is 0 Å². The average molecular weight is 346 g/mol. The van der Waals surface area contributed by atoms with Gasteiger partial charge in [-0.15, -0.1) is 0 Å². The maximum Gasteiger partial charge on any atom is 0.251 e. The fraction of sp³-hybridized carbons (Fsp3) is 0.278. The molecule has 0 atom stereocenters. The largest absolute Gasteiger partial charge is 0.348 e. The Morgan fingerprint density at radius 1 is 1.08 bits per heavy atom. The van der Waals surface area contributed by atoms with E-state index in [0.29, 0.717) is 18.0 Å². The lowest BCUT2D eigenvalue weighted by Crippen LogP contribution is -2.24. The van der Waals surface area contributed by atoms with Gasteiger partial charge in [0.05, 0.1) is 4.90 Å². The number of benzene rings is 2. The smallest absolute Gasteiger partial charge is 0.251 e. The maximum atomic E-state index is 12.4. The van der Waals surface area contributed by atoms with Crippen molar-refractivity contribution in [2.45, 2.75) is 31.7 Å². The summed E-state index contributed by atoms with van der Waals surface area (Å²) in [6, 6.07) is 13.7. The molecule has 0 unspecified atom stereocenters. The summed E-state index contributed by atoms with van der Waals surface area (Å²) in [7, 11) is -3.70. The lowest BCUT2D eigenvalue weighted by molar-refractivity contribution is 0.0950. The van der Waals surface area contributed by atoms with E-state index < -0.39 is 10.0 Å². The third-order valence-electron chi connectivity index (χ3n) is 3.60. The minimum Gasteiger partial charge on any atom is -0.348 e. The first-order valence-corrected chi connectivity index (χ1v) is 9.30. The van der Waals surface area contributed by atoms with Crippen molar-refractivity contribution in [3.8, 4) is 0 Å². The van der Waals surface area contributed by atoms with Crippen molar-refractivity contribution < 1.29 is 13.2 Å². The number of amides is 1. The van der Waals surface area contributed by atoms with Crippen LogP contribution in [0.1, 0.15) is 35.3 Å². The van der Waals surface area contributed by atoms with E-state index >= 15 is 0 Å². The summed E-state index contributed by atoms with van der Waals surface area (Å²) in [4.78, 5) is 12.5. The van der Waals surface area contributed by atoms with Crippen LogP contribution >= 0.6 is 0 Å². The molecule has 0 aromatic heterocycles. The van der Waals surface area contributed by atoms with E-state index in [9.17, 15) is 13.2 Å². The van der Waals surface area contributed by atoms with Gasteiger partial charge in [-0.25, -0.2) is 13.6 Å². The molecule has 0 radical (unpaired) electrons. The molecule has 0 saturated carbocycles. The Morgan fingerprint density at radius 2 is 1.71 bits per heavy atom. The van der Waals surface area contributed by atoms with E-state index in [-0.39, 0.29) is 10.8 Å². The minimum atomic E-state index is -3.70. The molecule has 6 heteroatoms. The topological polar surface area (TPSA) is 89.3 Å². The summed E-state index contributed by atoms with van der Waals surface area (Å²) in [5.74, 6) is 0.325. The van der Waals surface area contributed by atoms with Crippen LogP contribution in [0.25, 0.3) is 0 Å². The Morgan fingerprint density at radius 3 is 2.29 bits per heavy atom. The van der Waals surface area contributed by atoms with Crippen molar-refractivity contribution >= 4 is 15.9 Å². The monoisotopic (exact) mass is 346 g/mol. The number of carbonyl (C=O) groups is 1. The molecule has 5 nitrogen and oxygen atoms in total. The molecule has 128 valence electrons. The molecule has 0 saturated heterocycles. The van der Waals surface area contributed by atoms with Gasteiger partial charge < -0.3 is 5.32 Å². The van der Waals surface area contributed by atoms with Crippen molar-refractivity contribution in [1.82, 2.24) is 5.32 Å². The van der Waals surface area contributed by atoms with Gasteiger partial charge in [-0.3, -0.25) is 4.79 Å². The molecule has 2 aromatic carbocycles. The lowest BCUT2D eigenvalue weighted by atomic mass is 9.97. The van der Waals surface area contributed by atoms with Crippen molar-refractivity contribution in [2.24, 2.45) is 11.1 Å². The molecule has 0 aliphatic rings. The molecular formula is C18H22N2O3S. The Balaban J connectivity index is 2.06. The Labute approximate surface area is 142 Å². The normalized spacial score (nSPS) is 11.5. The zero-order valence-electron chi connectivity index (χ0n) is 13.8. The Bertz CT molecular complexity index is 812. The van der Waals surface area contributed by atoms with Gasteiger partial charge in [-0.2, -0.15) is 0 Å². The summed E-state index contributed by atoms with van der Waals surface area (Å²) < 4.78 is 22.5. The zero-order valence-corrected chi connectivity index (χ0v) is 14.6. The van der Waals surface area contributed by atoms with Crippen LogP contribution in [0.4, 0.5) is 0 Å². The van der Waals surface area contributed by atoms with Crippen LogP contribution in [-0.4, -0.2) is 14.3 Å². The van der Waals surface area contributed by atoms with Crippen LogP contribution in [-0.2, 0) is 23.0 Å². The summed E-state index contributed by atoms with van der Waals surface area (Å²) in [6.07, 6.45) is 0.840. The first-order valence-electron chi connectivity index (χ1n) is 7.75. The summed E-state index contributed by atoms with van der Waals surface area (Å²) in [5.41, 5.74) is 2.50. The number of hydrogen-bond acceptors (Lipinski definition) is 3. The predicted octanol–water partition coefficient (Wildman–Crippen LogP) is 2.46. The van der Waals surface area contributed by atoms with Gasteiger partial charge in [0.2, 0.25) is 10.0 Å². The number of nitrogens with two attached hydrogens (primary N) is 1. The molecule has 0 aliphatic heterocycles. The van der Waals surface area contributed by atoms with Crippen LogP contribution < -0.4 is 10.5 Å². The third-order valence-corrected chi connectivity index (χ3v) is 4.52. The molecular weight excluding hydrogens is 324 g/mol. The maximum absolute atomic E-state index is 12.4. The van der Waals surface area contributed by atoms with E-state index in [2.05, 4.69) is 19.2 Å². The van der Waals surface area contributed by atoms with Gasteiger partial charge in [0.25, 0.3) is 5.91 Å². The summed E-state index contributed by atoms with van der Waals surface area (Å²) >= 11 is 0. The van der Waals surface area contributed by atoms with Gasteiger partial charge in [-0.05, 0) is 41.7 Å². The highest BCUT2D eigenvalue weighted by atomic mass is 32.2. The van der Waals surface area contributed by atoms with Crippen LogP contribution in [0, 0.1) is 5.92 Å². The lowest BCUT2D eigenvalue weighted by Gasteiger charge is -2.12. The molecule has 24 heavy (non-hydrogen) atoms. The van der Waals surface area contributed by atoms with Crippen molar-refractivity contribution in [3.05, 3.63) is 65.2 Å². The first kappa shape index (κ1) is 18.2. The zero-order chi connectivity index (χ0) is 17.7. The second-order valence-electron chi connectivity index (χ2n) is 6.13.